The zero-order valence-electron chi connectivity index (χ0n) is 11.7. The first-order valence-electron chi connectivity index (χ1n) is 6.31. The minimum atomic E-state index is -4.20. The van der Waals surface area contributed by atoms with Gasteiger partial charge in [0.05, 0.1) is 18.1 Å². The van der Waals surface area contributed by atoms with Crippen LogP contribution in [0.4, 0.5) is 0 Å². The van der Waals surface area contributed by atoms with E-state index in [0.29, 0.717) is 0 Å². The Hall–Kier alpha value is -0.720. The monoisotopic (exact) mass is 322 g/mol. The summed E-state index contributed by atoms with van der Waals surface area (Å²) in [6, 6.07) is 6.14. The first-order chi connectivity index (χ1) is 9.37. The Labute approximate surface area is 119 Å². The van der Waals surface area contributed by atoms with Crippen LogP contribution in [0.3, 0.4) is 0 Å². The lowest BCUT2D eigenvalue weighted by atomic mass is 10.2. The second-order valence-electron chi connectivity index (χ2n) is 3.81. The van der Waals surface area contributed by atoms with Crippen LogP contribution in [-0.2, 0) is 34.1 Å². The van der Waals surface area contributed by atoms with Crippen molar-refractivity contribution in [1.82, 2.24) is 0 Å². The Kier molecular flexibility index (Phi) is 6.36. The summed E-state index contributed by atoms with van der Waals surface area (Å²) >= 11 is 0. The number of hydrogen-bond acceptors (Lipinski definition) is 6. The average Bonchev–Trinajstić information content (AvgIpc) is 2.38. The highest BCUT2D eigenvalue weighted by molar-refractivity contribution is 7.90. The fraction of sp³-hybridized carbons (Fsp3) is 0.500. The number of rotatable bonds is 8. The number of phosphoric acid groups is 1. The van der Waals surface area contributed by atoms with Gasteiger partial charge in [0.25, 0.3) is 0 Å². The second-order valence-corrected chi connectivity index (χ2v) is 7.20. The molecule has 114 valence electrons. The molecule has 0 aliphatic rings. The lowest BCUT2D eigenvalue weighted by Crippen LogP contribution is -2.08. The second kappa shape index (κ2) is 7.33. The van der Waals surface area contributed by atoms with Crippen molar-refractivity contribution in [2.45, 2.75) is 32.1 Å². The van der Waals surface area contributed by atoms with Crippen molar-refractivity contribution in [3.63, 3.8) is 0 Å². The lowest BCUT2D eigenvalue weighted by Gasteiger charge is -2.15. The maximum Gasteiger partial charge on any atom is 0.489 e. The number of aryl methyl sites for hydroxylation is 1. The van der Waals surface area contributed by atoms with Crippen molar-refractivity contribution in [2.24, 2.45) is 0 Å². The fourth-order valence-electron chi connectivity index (χ4n) is 1.45. The summed E-state index contributed by atoms with van der Waals surface area (Å²) in [6.45, 7) is 5.12. The van der Waals surface area contributed by atoms with Crippen LogP contribution in [0.2, 0.25) is 0 Å². The molecular formula is C12H19O6PS. The van der Waals surface area contributed by atoms with Crippen molar-refractivity contribution in [1.29, 1.82) is 0 Å². The molecule has 0 atom stereocenters. The van der Waals surface area contributed by atoms with Crippen LogP contribution < -0.4 is 0 Å². The van der Waals surface area contributed by atoms with Gasteiger partial charge in [-0.2, -0.15) is 12.4 Å². The molecular weight excluding hydrogens is 303 g/mol. The van der Waals surface area contributed by atoms with Gasteiger partial charge < -0.3 is 0 Å². The minimum Gasteiger partial charge on any atom is -0.286 e. The van der Waals surface area contributed by atoms with Gasteiger partial charge in [0.15, 0.2) is 0 Å². The van der Waals surface area contributed by atoms with Crippen LogP contribution in [0.25, 0.3) is 0 Å². The van der Waals surface area contributed by atoms with Crippen molar-refractivity contribution in [3.8, 4) is 0 Å². The summed E-state index contributed by atoms with van der Waals surface area (Å²) in [5, 5.41) is 0. The summed E-state index contributed by atoms with van der Waals surface area (Å²) in [5.74, 6) is 0. The van der Waals surface area contributed by atoms with E-state index >= 15 is 0 Å². The highest BCUT2D eigenvalue weighted by Gasteiger charge is 2.34. The van der Waals surface area contributed by atoms with Crippen molar-refractivity contribution in [2.75, 3.05) is 13.2 Å². The normalized spacial score (nSPS) is 12.6. The molecule has 0 heterocycles. The fourth-order valence-corrected chi connectivity index (χ4v) is 4.28. The molecule has 1 aromatic carbocycles. The molecule has 0 unspecified atom stereocenters. The maximum absolute atomic E-state index is 12.1. The van der Waals surface area contributed by atoms with Crippen LogP contribution in [0.15, 0.2) is 29.2 Å². The van der Waals surface area contributed by atoms with Crippen LogP contribution in [0.5, 0.6) is 0 Å². The third-order valence-corrected chi connectivity index (χ3v) is 5.90. The van der Waals surface area contributed by atoms with E-state index in [1.807, 2.05) is 6.92 Å². The van der Waals surface area contributed by atoms with E-state index < -0.39 is 17.9 Å². The standard InChI is InChI=1S/C12H19O6PS/c1-4-11-7-9-12(10-8-11)20(14,15)18-19(13,16-5-2)17-6-3/h7-10H,4-6H2,1-3H3. The van der Waals surface area contributed by atoms with Gasteiger partial charge >= 0.3 is 17.9 Å². The third kappa shape index (κ3) is 4.68. The number of benzene rings is 1. The maximum atomic E-state index is 12.1. The number of phosphoric ester groups is 1. The predicted molar refractivity (Wildman–Crippen MR) is 74.9 cm³/mol. The molecule has 0 fully saturated rings. The molecule has 0 saturated heterocycles. The molecule has 0 aromatic heterocycles. The predicted octanol–water partition coefficient (Wildman–Crippen LogP) is 3.14. The summed E-state index contributed by atoms with van der Waals surface area (Å²) in [6.07, 6.45) is 0.789. The van der Waals surface area contributed by atoms with E-state index in [0.717, 1.165) is 12.0 Å². The summed E-state index contributed by atoms with van der Waals surface area (Å²) in [5.41, 5.74) is 0.988. The molecule has 8 heteroatoms. The molecule has 0 saturated carbocycles. The molecule has 20 heavy (non-hydrogen) atoms. The zero-order valence-corrected chi connectivity index (χ0v) is 13.4. The van der Waals surface area contributed by atoms with Gasteiger partial charge in [-0.1, -0.05) is 19.1 Å². The van der Waals surface area contributed by atoms with E-state index in [4.69, 9.17) is 9.05 Å². The van der Waals surface area contributed by atoms with E-state index in [9.17, 15) is 13.0 Å². The molecule has 1 rings (SSSR count). The average molecular weight is 322 g/mol. The quantitative estimate of drug-likeness (QED) is 0.684. The Morgan fingerprint density at radius 2 is 1.50 bits per heavy atom. The molecule has 0 N–H and O–H groups in total. The molecule has 0 amide bonds. The zero-order chi connectivity index (χ0) is 15.2. The van der Waals surface area contributed by atoms with Gasteiger partial charge in [-0.25, -0.2) is 4.57 Å². The van der Waals surface area contributed by atoms with Gasteiger partial charge in [-0.15, -0.1) is 0 Å². The van der Waals surface area contributed by atoms with E-state index in [1.165, 1.54) is 12.1 Å². The van der Waals surface area contributed by atoms with Crippen LogP contribution in [-0.4, -0.2) is 21.6 Å². The first-order valence-corrected chi connectivity index (χ1v) is 9.18. The Morgan fingerprint density at radius 3 is 1.90 bits per heavy atom. The van der Waals surface area contributed by atoms with Crippen molar-refractivity contribution >= 4 is 17.9 Å². The topological polar surface area (TPSA) is 78.9 Å². The SMILES string of the molecule is CCOP(=O)(OCC)OS(=O)(=O)c1ccc(CC)cc1. The molecule has 1 aromatic rings. The summed E-state index contributed by atoms with van der Waals surface area (Å²) in [7, 11) is -8.31. The van der Waals surface area contributed by atoms with Gasteiger partial charge in [-0.3, -0.25) is 9.05 Å². The summed E-state index contributed by atoms with van der Waals surface area (Å²) in [4.78, 5) is -0.0886. The largest absolute Gasteiger partial charge is 0.489 e. The molecule has 6 nitrogen and oxygen atoms in total. The van der Waals surface area contributed by atoms with Gasteiger partial charge in [0, 0.05) is 0 Å². The number of hydrogen-bond donors (Lipinski definition) is 0. The van der Waals surface area contributed by atoms with Gasteiger partial charge in [-0.05, 0) is 38.0 Å². The Morgan fingerprint density at radius 1 is 1.00 bits per heavy atom. The highest BCUT2D eigenvalue weighted by Crippen LogP contribution is 2.51. The van der Waals surface area contributed by atoms with Crippen LogP contribution in [0, 0.1) is 0 Å². The highest BCUT2D eigenvalue weighted by atomic mass is 32.2. The first kappa shape index (κ1) is 17.3. The van der Waals surface area contributed by atoms with Gasteiger partial charge in [0.2, 0.25) is 0 Å². The van der Waals surface area contributed by atoms with Crippen LogP contribution >= 0.6 is 7.82 Å². The van der Waals surface area contributed by atoms with Crippen molar-refractivity contribution < 1.29 is 26.0 Å². The smallest absolute Gasteiger partial charge is 0.286 e. The molecule has 0 aliphatic heterocycles. The van der Waals surface area contributed by atoms with Gasteiger partial charge in [0.1, 0.15) is 0 Å². The minimum absolute atomic E-state index is 0.0154. The lowest BCUT2D eigenvalue weighted by molar-refractivity contribution is 0.169. The van der Waals surface area contributed by atoms with Crippen molar-refractivity contribution in [3.05, 3.63) is 29.8 Å². The van der Waals surface area contributed by atoms with E-state index in [2.05, 4.69) is 3.97 Å². The summed E-state index contributed by atoms with van der Waals surface area (Å²) < 4.78 is 50.4. The Balaban J connectivity index is 2.99. The van der Waals surface area contributed by atoms with E-state index in [-0.39, 0.29) is 18.1 Å². The molecule has 0 bridgehead atoms. The third-order valence-electron chi connectivity index (χ3n) is 2.38. The van der Waals surface area contributed by atoms with Crippen LogP contribution in [0.1, 0.15) is 26.3 Å². The molecule has 0 aliphatic carbocycles. The Bertz CT molecular complexity index is 556. The van der Waals surface area contributed by atoms with E-state index in [1.54, 1.807) is 26.0 Å². The molecule has 0 radical (unpaired) electrons. The molecule has 0 spiro atoms.